The Morgan fingerprint density at radius 2 is 2.36 bits per heavy atom. The predicted molar refractivity (Wildman–Crippen MR) is 57.4 cm³/mol. The molecule has 0 spiro atoms. The first-order valence-corrected chi connectivity index (χ1v) is 4.50. The molecule has 1 rings (SSSR count). The van der Waals surface area contributed by atoms with E-state index in [9.17, 15) is 4.79 Å². The Morgan fingerprint density at radius 1 is 1.64 bits per heavy atom. The molecule has 0 heterocycles. The van der Waals surface area contributed by atoms with E-state index in [1.54, 1.807) is 12.1 Å². The number of hydrogen-bond acceptors (Lipinski definition) is 1. The molecule has 0 unspecified atom stereocenters. The highest BCUT2D eigenvalue weighted by atomic mass is 35.5. The van der Waals surface area contributed by atoms with Gasteiger partial charge in [0.25, 0.3) is 5.91 Å². The summed E-state index contributed by atoms with van der Waals surface area (Å²) in [6.45, 7) is 2.11. The molecule has 0 radical (unpaired) electrons. The quantitative estimate of drug-likeness (QED) is 0.739. The molecule has 1 aromatic carbocycles. The molecule has 0 atom stereocenters. The van der Waals surface area contributed by atoms with Crippen molar-refractivity contribution in [1.29, 1.82) is 0 Å². The molecule has 1 N–H and O–H groups in total. The van der Waals surface area contributed by atoms with Crippen molar-refractivity contribution in [3.63, 3.8) is 0 Å². The smallest absolute Gasteiger partial charge is 0.253 e. The van der Waals surface area contributed by atoms with Gasteiger partial charge in [0, 0.05) is 0 Å². The Labute approximate surface area is 88.3 Å². The van der Waals surface area contributed by atoms with Crippen LogP contribution in [0.1, 0.15) is 15.9 Å². The van der Waals surface area contributed by atoms with E-state index in [0.717, 1.165) is 5.56 Å². The fourth-order valence-corrected chi connectivity index (χ4v) is 1.24. The summed E-state index contributed by atoms with van der Waals surface area (Å²) in [6.07, 6.45) is 5.03. The molecule has 0 saturated heterocycles. The lowest BCUT2D eigenvalue weighted by molar-refractivity contribution is 0.0959. The van der Waals surface area contributed by atoms with Crippen molar-refractivity contribution >= 4 is 17.5 Å². The van der Waals surface area contributed by atoms with Crippen molar-refractivity contribution < 1.29 is 4.79 Å². The highest BCUT2D eigenvalue weighted by molar-refractivity contribution is 6.33. The highest BCUT2D eigenvalue weighted by Crippen LogP contribution is 2.16. The van der Waals surface area contributed by atoms with Gasteiger partial charge in [0.1, 0.15) is 0 Å². The average molecular weight is 208 g/mol. The van der Waals surface area contributed by atoms with Crippen molar-refractivity contribution in [1.82, 2.24) is 5.32 Å². The first kappa shape index (κ1) is 10.6. The zero-order valence-electron chi connectivity index (χ0n) is 7.80. The standard InChI is InChI=1S/C11H10ClNO/c1-3-6-13-11(14)9-7-8(2)4-5-10(9)12/h1,4-5,7H,6H2,2H3,(H,13,14). The van der Waals surface area contributed by atoms with Gasteiger partial charge in [-0.2, -0.15) is 0 Å². The number of carbonyl (C=O) groups excluding carboxylic acids is 1. The van der Waals surface area contributed by atoms with Gasteiger partial charge in [0.2, 0.25) is 0 Å². The van der Waals surface area contributed by atoms with Crippen LogP contribution in [0.3, 0.4) is 0 Å². The van der Waals surface area contributed by atoms with Gasteiger partial charge in [-0.15, -0.1) is 6.42 Å². The van der Waals surface area contributed by atoms with E-state index >= 15 is 0 Å². The van der Waals surface area contributed by atoms with Crippen molar-refractivity contribution in [2.45, 2.75) is 6.92 Å². The van der Waals surface area contributed by atoms with Crippen molar-refractivity contribution in [2.24, 2.45) is 0 Å². The second kappa shape index (κ2) is 4.69. The number of carbonyl (C=O) groups is 1. The molecule has 1 aromatic rings. The minimum absolute atomic E-state index is 0.211. The summed E-state index contributed by atoms with van der Waals surface area (Å²) in [4.78, 5) is 11.5. The number of benzene rings is 1. The van der Waals surface area contributed by atoms with Crippen LogP contribution in [0.4, 0.5) is 0 Å². The zero-order chi connectivity index (χ0) is 10.6. The largest absolute Gasteiger partial charge is 0.341 e. The van der Waals surface area contributed by atoms with E-state index in [4.69, 9.17) is 18.0 Å². The topological polar surface area (TPSA) is 29.1 Å². The first-order valence-electron chi connectivity index (χ1n) is 4.13. The minimum atomic E-state index is -0.239. The van der Waals surface area contributed by atoms with Crippen LogP contribution in [0, 0.1) is 19.3 Å². The third-order valence-electron chi connectivity index (χ3n) is 1.72. The molecule has 72 valence electrons. The van der Waals surface area contributed by atoms with Crippen molar-refractivity contribution in [2.75, 3.05) is 6.54 Å². The molecule has 0 bridgehead atoms. The Morgan fingerprint density at radius 3 is 3.00 bits per heavy atom. The second-order valence-electron chi connectivity index (χ2n) is 2.87. The summed E-state index contributed by atoms with van der Waals surface area (Å²) in [5, 5.41) is 2.99. The van der Waals surface area contributed by atoms with Gasteiger partial charge in [-0.25, -0.2) is 0 Å². The lowest BCUT2D eigenvalue weighted by atomic mass is 10.1. The molecule has 0 aliphatic carbocycles. The van der Waals surface area contributed by atoms with Crippen LogP contribution >= 0.6 is 11.6 Å². The molecule has 0 saturated carbocycles. The zero-order valence-corrected chi connectivity index (χ0v) is 8.56. The summed E-state index contributed by atoms with van der Waals surface area (Å²) >= 11 is 5.86. The van der Waals surface area contributed by atoms with Gasteiger partial charge < -0.3 is 5.32 Å². The molecule has 1 amide bonds. The van der Waals surface area contributed by atoms with Crippen LogP contribution in [0.5, 0.6) is 0 Å². The van der Waals surface area contributed by atoms with Crippen LogP contribution in [-0.2, 0) is 0 Å². The molecular formula is C11H10ClNO. The van der Waals surface area contributed by atoms with E-state index in [1.807, 2.05) is 13.0 Å². The Kier molecular flexibility index (Phi) is 3.55. The van der Waals surface area contributed by atoms with Crippen LogP contribution in [0.2, 0.25) is 5.02 Å². The Hall–Kier alpha value is -1.46. The maximum atomic E-state index is 11.5. The predicted octanol–water partition coefficient (Wildman–Crippen LogP) is 2.01. The van der Waals surface area contributed by atoms with Gasteiger partial charge in [-0.3, -0.25) is 4.79 Å². The molecule has 0 aliphatic rings. The van der Waals surface area contributed by atoms with E-state index in [0.29, 0.717) is 10.6 Å². The van der Waals surface area contributed by atoms with Gasteiger partial charge in [-0.1, -0.05) is 29.2 Å². The van der Waals surface area contributed by atoms with Crippen molar-refractivity contribution in [3.05, 3.63) is 34.3 Å². The maximum Gasteiger partial charge on any atom is 0.253 e. The lowest BCUT2D eigenvalue weighted by Crippen LogP contribution is -2.23. The number of hydrogen-bond donors (Lipinski definition) is 1. The molecule has 0 aliphatic heterocycles. The molecular weight excluding hydrogens is 198 g/mol. The summed E-state index contributed by atoms with van der Waals surface area (Å²) in [6, 6.07) is 5.27. The number of rotatable bonds is 2. The van der Waals surface area contributed by atoms with E-state index < -0.39 is 0 Å². The van der Waals surface area contributed by atoms with Crippen molar-refractivity contribution in [3.8, 4) is 12.3 Å². The monoisotopic (exact) mass is 207 g/mol. The summed E-state index contributed by atoms with van der Waals surface area (Å²) < 4.78 is 0. The van der Waals surface area contributed by atoms with Gasteiger partial charge in [0.05, 0.1) is 17.1 Å². The lowest BCUT2D eigenvalue weighted by Gasteiger charge is -2.04. The van der Waals surface area contributed by atoms with Crippen LogP contribution in [0.15, 0.2) is 18.2 Å². The number of amides is 1. The van der Waals surface area contributed by atoms with Gasteiger partial charge in [-0.05, 0) is 19.1 Å². The normalized spacial score (nSPS) is 9.21. The first-order chi connectivity index (χ1) is 6.65. The van der Waals surface area contributed by atoms with E-state index in [1.165, 1.54) is 0 Å². The summed E-state index contributed by atoms with van der Waals surface area (Å²) in [5.41, 5.74) is 1.45. The molecule has 2 nitrogen and oxygen atoms in total. The SMILES string of the molecule is C#CCNC(=O)c1cc(C)ccc1Cl. The van der Waals surface area contributed by atoms with E-state index in [2.05, 4.69) is 11.2 Å². The van der Waals surface area contributed by atoms with E-state index in [-0.39, 0.29) is 12.5 Å². The summed E-state index contributed by atoms with van der Waals surface area (Å²) in [5.74, 6) is 2.09. The van der Waals surface area contributed by atoms with Crippen LogP contribution in [0.25, 0.3) is 0 Å². The average Bonchev–Trinajstić information content (AvgIpc) is 2.18. The third-order valence-corrected chi connectivity index (χ3v) is 2.05. The number of terminal acetylenes is 1. The molecule has 3 heteroatoms. The Balaban J connectivity index is 2.90. The molecule has 0 fully saturated rings. The number of halogens is 1. The number of aryl methyl sites for hydroxylation is 1. The van der Waals surface area contributed by atoms with Gasteiger partial charge >= 0.3 is 0 Å². The maximum absolute atomic E-state index is 11.5. The fourth-order valence-electron chi connectivity index (χ4n) is 1.04. The highest BCUT2D eigenvalue weighted by Gasteiger charge is 2.08. The second-order valence-corrected chi connectivity index (χ2v) is 3.28. The fraction of sp³-hybridized carbons (Fsp3) is 0.182. The van der Waals surface area contributed by atoms with Gasteiger partial charge in [0.15, 0.2) is 0 Å². The van der Waals surface area contributed by atoms with Crippen LogP contribution in [-0.4, -0.2) is 12.5 Å². The number of nitrogens with one attached hydrogen (secondary N) is 1. The third kappa shape index (κ3) is 2.51. The van der Waals surface area contributed by atoms with Crippen LogP contribution < -0.4 is 5.32 Å². The Bertz CT molecular complexity index is 393. The minimum Gasteiger partial charge on any atom is -0.341 e. The summed E-state index contributed by atoms with van der Waals surface area (Å²) in [7, 11) is 0. The molecule has 14 heavy (non-hydrogen) atoms. The molecule has 0 aromatic heterocycles.